The Hall–Kier alpha value is -1.42. The van der Waals surface area contributed by atoms with E-state index in [0.29, 0.717) is 6.54 Å². The van der Waals surface area contributed by atoms with Crippen molar-refractivity contribution in [1.82, 2.24) is 9.78 Å². The van der Waals surface area contributed by atoms with Gasteiger partial charge in [0.1, 0.15) is 5.82 Å². The molecule has 1 aromatic carbocycles. The van der Waals surface area contributed by atoms with E-state index in [1.54, 1.807) is 16.9 Å². The largest absolute Gasteiger partial charge is 0.394 e. The SMILES string of the molecule is OCCn1ncc2cc(F)ccc21. The van der Waals surface area contributed by atoms with Crippen LogP contribution in [0.3, 0.4) is 0 Å². The lowest BCUT2D eigenvalue weighted by atomic mass is 10.2. The van der Waals surface area contributed by atoms with Crippen molar-refractivity contribution in [1.29, 1.82) is 0 Å². The second-order valence-electron chi connectivity index (χ2n) is 2.79. The number of aliphatic hydroxyl groups is 1. The van der Waals surface area contributed by atoms with Gasteiger partial charge in [-0.05, 0) is 18.2 Å². The Kier molecular flexibility index (Phi) is 1.98. The first-order valence-corrected chi connectivity index (χ1v) is 4.03. The molecular weight excluding hydrogens is 171 g/mol. The first kappa shape index (κ1) is 8.19. The molecule has 0 unspecified atom stereocenters. The molecule has 0 saturated carbocycles. The van der Waals surface area contributed by atoms with Gasteiger partial charge in [0.05, 0.1) is 24.9 Å². The fraction of sp³-hybridized carbons (Fsp3) is 0.222. The van der Waals surface area contributed by atoms with Crippen LogP contribution in [0.2, 0.25) is 0 Å². The van der Waals surface area contributed by atoms with Crippen molar-refractivity contribution in [2.45, 2.75) is 6.54 Å². The quantitative estimate of drug-likeness (QED) is 0.753. The zero-order chi connectivity index (χ0) is 9.26. The van der Waals surface area contributed by atoms with Crippen LogP contribution in [-0.4, -0.2) is 21.5 Å². The van der Waals surface area contributed by atoms with E-state index in [1.807, 2.05) is 0 Å². The number of rotatable bonds is 2. The van der Waals surface area contributed by atoms with Crippen LogP contribution < -0.4 is 0 Å². The molecule has 0 spiro atoms. The van der Waals surface area contributed by atoms with E-state index < -0.39 is 0 Å². The third-order valence-corrected chi connectivity index (χ3v) is 1.92. The predicted octanol–water partition coefficient (Wildman–Crippen LogP) is 1.17. The number of hydrogen-bond acceptors (Lipinski definition) is 2. The first-order valence-electron chi connectivity index (χ1n) is 4.03. The lowest BCUT2D eigenvalue weighted by Gasteiger charge is -1.99. The molecule has 4 heteroatoms. The summed E-state index contributed by atoms with van der Waals surface area (Å²) < 4.78 is 14.4. The van der Waals surface area contributed by atoms with E-state index in [-0.39, 0.29) is 12.4 Å². The zero-order valence-corrected chi connectivity index (χ0v) is 6.94. The number of aromatic nitrogens is 2. The second-order valence-corrected chi connectivity index (χ2v) is 2.79. The topological polar surface area (TPSA) is 38.0 Å². The molecule has 0 aliphatic carbocycles. The van der Waals surface area contributed by atoms with Crippen molar-refractivity contribution < 1.29 is 9.50 Å². The maximum absolute atomic E-state index is 12.7. The maximum atomic E-state index is 12.7. The van der Waals surface area contributed by atoms with Crippen LogP contribution in [0, 0.1) is 5.82 Å². The van der Waals surface area contributed by atoms with E-state index in [1.165, 1.54) is 12.1 Å². The second kappa shape index (κ2) is 3.14. The van der Waals surface area contributed by atoms with Crippen molar-refractivity contribution in [2.75, 3.05) is 6.61 Å². The van der Waals surface area contributed by atoms with Crippen molar-refractivity contribution in [2.24, 2.45) is 0 Å². The molecule has 0 saturated heterocycles. The van der Waals surface area contributed by atoms with Gasteiger partial charge in [-0.15, -0.1) is 0 Å². The Balaban J connectivity index is 2.55. The molecule has 1 N–H and O–H groups in total. The minimum absolute atomic E-state index is 0.0359. The summed E-state index contributed by atoms with van der Waals surface area (Å²) in [5.74, 6) is -0.268. The van der Waals surface area contributed by atoms with Gasteiger partial charge in [-0.2, -0.15) is 5.10 Å². The summed E-state index contributed by atoms with van der Waals surface area (Å²) in [6.07, 6.45) is 1.59. The van der Waals surface area contributed by atoms with E-state index >= 15 is 0 Å². The molecule has 0 fully saturated rings. The average molecular weight is 180 g/mol. The van der Waals surface area contributed by atoms with E-state index in [9.17, 15) is 4.39 Å². The number of nitrogens with zero attached hydrogens (tertiary/aromatic N) is 2. The molecule has 1 heterocycles. The standard InChI is InChI=1S/C9H9FN2O/c10-8-1-2-9-7(5-8)6-11-12(9)3-4-13/h1-2,5-6,13H,3-4H2. The smallest absolute Gasteiger partial charge is 0.124 e. The van der Waals surface area contributed by atoms with Crippen molar-refractivity contribution in [3.05, 3.63) is 30.2 Å². The lowest BCUT2D eigenvalue weighted by molar-refractivity contribution is 0.271. The summed E-state index contributed by atoms with van der Waals surface area (Å²) in [7, 11) is 0. The third kappa shape index (κ3) is 1.40. The van der Waals surface area contributed by atoms with E-state index in [0.717, 1.165) is 10.9 Å². The molecule has 13 heavy (non-hydrogen) atoms. The lowest BCUT2D eigenvalue weighted by Crippen LogP contribution is -2.02. The molecule has 0 atom stereocenters. The van der Waals surface area contributed by atoms with Gasteiger partial charge >= 0.3 is 0 Å². The Morgan fingerprint density at radius 1 is 1.46 bits per heavy atom. The molecule has 0 aliphatic rings. The summed E-state index contributed by atoms with van der Waals surface area (Å²) in [5, 5.41) is 13.5. The van der Waals surface area contributed by atoms with Gasteiger partial charge in [-0.25, -0.2) is 4.39 Å². The molecule has 0 amide bonds. The van der Waals surface area contributed by atoms with Crippen molar-refractivity contribution in [3.8, 4) is 0 Å². The van der Waals surface area contributed by atoms with Crippen LogP contribution in [-0.2, 0) is 6.54 Å². The molecule has 68 valence electrons. The Bertz CT molecular complexity index is 424. The van der Waals surface area contributed by atoms with Crippen LogP contribution in [0.15, 0.2) is 24.4 Å². The molecule has 2 rings (SSSR count). The highest BCUT2D eigenvalue weighted by molar-refractivity contribution is 5.78. The summed E-state index contributed by atoms with van der Waals surface area (Å²) >= 11 is 0. The van der Waals surface area contributed by atoms with Gasteiger partial charge in [0.15, 0.2) is 0 Å². The number of hydrogen-bond donors (Lipinski definition) is 1. The highest BCUT2D eigenvalue weighted by Gasteiger charge is 2.02. The maximum Gasteiger partial charge on any atom is 0.124 e. The fourth-order valence-corrected chi connectivity index (χ4v) is 1.33. The third-order valence-electron chi connectivity index (χ3n) is 1.92. The fourth-order valence-electron chi connectivity index (χ4n) is 1.33. The Morgan fingerprint density at radius 2 is 2.31 bits per heavy atom. The highest BCUT2D eigenvalue weighted by atomic mass is 19.1. The van der Waals surface area contributed by atoms with Crippen molar-refractivity contribution in [3.63, 3.8) is 0 Å². The number of fused-ring (bicyclic) bond motifs is 1. The van der Waals surface area contributed by atoms with Crippen LogP contribution >= 0.6 is 0 Å². The summed E-state index contributed by atoms with van der Waals surface area (Å²) in [5.41, 5.74) is 0.843. The van der Waals surface area contributed by atoms with Gasteiger partial charge in [-0.3, -0.25) is 4.68 Å². The van der Waals surface area contributed by atoms with E-state index in [2.05, 4.69) is 5.10 Å². The van der Waals surface area contributed by atoms with Gasteiger partial charge in [-0.1, -0.05) is 0 Å². The average Bonchev–Trinajstić information content (AvgIpc) is 2.49. The van der Waals surface area contributed by atoms with Crippen LogP contribution in [0.1, 0.15) is 0 Å². The monoisotopic (exact) mass is 180 g/mol. The Morgan fingerprint density at radius 3 is 3.08 bits per heavy atom. The van der Waals surface area contributed by atoms with Crippen LogP contribution in [0.4, 0.5) is 4.39 Å². The summed E-state index contributed by atoms with van der Waals surface area (Å²) in [6, 6.07) is 4.47. The van der Waals surface area contributed by atoms with E-state index in [4.69, 9.17) is 5.11 Å². The molecule has 1 aromatic heterocycles. The molecule has 0 bridgehead atoms. The van der Waals surface area contributed by atoms with Gasteiger partial charge in [0.25, 0.3) is 0 Å². The zero-order valence-electron chi connectivity index (χ0n) is 6.94. The van der Waals surface area contributed by atoms with Crippen LogP contribution in [0.25, 0.3) is 10.9 Å². The molecular formula is C9H9FN2O. The molecule has 0 radical (unpaired) electrons. The van der Waals surface area contributed by atoms with Crippen LogP contribution in [0.5, 0.6) is 0 Å². The normalized spacial score (nSPS) is 10.9. The Labute approximate surface area is 74.4 Å². The first-order chi connectivity index (χ1) is 6.31. The molecule has 0 aliphatic heterocycles. The van der Waals surface area contributed by atoms with Gasteiger partial charge in [0.2, 0.25) is 0 Å². The summed E-state index contributed by atoms with van der Waals surface area (Å²) in [4.78, 5) is 0. The minimum Gasteiger partial charge on any atom is -0.394 e. The molecule has 2 aromatic rings. The summed E-state index contributed by atoms with van der Waals surface area (Å²) in [6.45, 7) is 0.475. The van der Waals surface area contributed by atoms with Crippen molar-refractivity contribution >= 4 is 10.9 Å². The number of benzene rings is 1. The molecule has 3 nitrogen and oxygen atoms in total. The number of aliphatic hydroxyl groups excluding tert-OH is 1. The minimum atomic E-state index is -0.268. The number of halogens is 1. The van der Waals surface area contributed by atoms with Gasteiger partial charge < -0.3 is 5.11 Å². The predicted molar refractivity (Wildman–Crippen MR) is 46.8 cm³/mol. The highest BCUT2D eigenvalue weighted by Crippen LogP contribution is 2.14. The van der Waals surface area contributed by atoms with Gasteiger partial charge in [0, 0.05) is 5.39 Å².